The highest BCUT2D eigenvalue weighted by Crippen LogP contribution is 2.12. The molecule has 0 aromatic carbocycles. The molecule has 1 fully saturated rings. The Balaban J connectivity index is -0.000000231. The van der Waals surface area contributed by atoms with Gasteiger partial charge in [-0.3, -0.25) is 9.89 Å². The van der Waals surface area contributed by atoms with Gasteiger partial charge in [0, 0.05) is 38.6 Å². The lowest BCUT2D eigenvalue weighted by molar-refractivity contribution is 0.141. The van der Waals surface area contributed by atoms with Gasteiger partial charge < -0.3 is 14.4 Å². The zero-order valence-corrected chi connectivity index (χ0v) is 28.6. The Morgan fingerprint density at radius 3 is 2.05 bits per heavy atom. The van der Waals surface area contributed by atoms with Crippen LogP contribution in [0, 0.1) is 0 Å². The Morgan fingerprint density at radius 1 is 1.00 bits per heavy atom. The molecule has 0 bridgehead atoms. The van der Waals surface area contributed by atoms with Gasteiger partial charge in [0.2, 0.25) is 0 Å². The number of ether oxygens (including phenoxy) is 2. The van der Waals surface area contributed by atoms with Crippen LogP contribution in [0.3, 0.4) is 0 Å². The standard InChI is InChI=1S/C13H22N2O.C8H19NO.C6H11N.3C2H6/c1-12-5-6-13(14-11-12)16-10-9-15-7-3-2-4-8-15;1-4-10-8-6-5-7-9(2)3;1-4-6(2)5-7-3;3*1-2/h11H,2-10H2,1H3;4-8H2,1-3H3;5H,3-4H2,1-2H3;3*1-2H3/b;;6-5-;;;. The molecule has 0 atom stereocenters. The molecule has 6 heteroatoms. The Kier molecular flexibility index (Phi) is 44.1. The van der Waals surface area contributed by atoms with Crippen LogP contribution in [0.5, 0.6) is 0 Å². The number of hydrogen-bond donors (Lipinski definition) is 0. The second kappa shape index (κ2) is 38.6. The van der Waals surface area contributed by atoms with Crippen LogP contribution in [0.1, 0.15) is 121 Å². The molecular weight excluding hydrogens is 484 g/mol. The number of piperidine rings is 1. The fourth-order valence-electron chi connectivity index (χ4n) is 3.22. The van der Waals surface area contributed by atoms with E-state index in [-0.39, 0.29) is 0 Å². The second-order valence-electron chi connectivity index (χ2n) is 8.97. The fraction of sp³-hybridized carbons (Fsp3) is 0.818. The van der Waals surface area contributed by atoms with E-state index in [9.17, 15) is 0 Å². The summed E-state index contributed by atoms with van der Waals surface area (Å²) in [6.45, 7) is 30.9. The molecule has 0 radical (unpaired) electrons. The minimum atomic E-state index is 0.797. The third kappa shape index (κ3) is 36.5. The summed E-state index contributed by atoms with van der Waals surface area (Å²) in [6.07, 6.45) is 13.4. The fourth-order valence-corrected chi connectivity index (χ4v) is 3.22. The van der Waals surface area contributed by atoms with Crippen LogP contribution in [-0.4, -0.2) is 82.5 Å². The van der Waals surface area contributed by atoms with Gasteiger partial charge in [-0.05, 0) is 99.7 Å². The summed E-state index contributed by atoms with van der Waals surface area (Å²) >= 11 is 0. The lowest BCUT2D eigenvalue weighted by atomic mass is 10.1. The maximum absolute atomic E-state index is 5.70. The van der Waals surface area contributed by atoms with Gasteiger partial charge in [-0.2, -0.15) is 0 Å². The normalized spacial score (nSPS) is 14.5. The smallest absolute Gasteiger partial charge is 0.188 e. The van der Waals surface area contributed by atoms with E-state index in [1.54, 1.807) is 6.20 Å². The highest BCUT2D eigenvalue weighted by Gasteiger charge is 2.11. The number of hydrogen-bond acceptors (Lipinski definition) is 6. The molecule has 234 valence electrons. The lowest BCUT2D eigenvalue weighted by Gasteiger charge is -2.26. The quantitative estimate of drug-likeness (QED) is 0.189. The van der Waals surface area contributed by atoms with Crippen molar-refractivity contribution in [3.63, 3.8) is 0 Å². The van der Waals surface area contributed by atoms with Crippen molar-refractivity contribution in [3.05, 3.63) is 23.5 Å². The number of rotatable bonds is 11. The van der Waals surface area contributed by atoms with Gasteiger partial charge >= 0.3 is 0 Å². The van der Waals surface area contributed by atoms with E-state index in [1.165, 1.54) is 62.9 Å². The van der Waals surface area contributed by atoms with Crippen molar-refractivity contribution in [3.8, 4) is 0 Å². The summed E-state index contributed by atoms with van der Waals surface area (Å²) in [5.41, 5.74) is 2.62. The maximum Gasteiger partial charge on any atom is 0.188 e. The Bertz CT molecular complexity index is 566. The molecule has 0 amide bonds. The molecular formula is C33H70N4O2. The third-order valence-corrected chi connectivity index (χ3v) is 5.50. The molecule has 0 aliphatic carbocycles. The zero-order chi connectivity index (χ0) is 30.7. The number of allylic oxidation sites excluding steroid dienone is 2. The zero-order valence-electron chi connectivity index (χ0n) is 28.6. The minimum Gasteiger partial charge on any atom is -0.479 e. The van der Waals surface area contributed by atoms with E-state index < -0.39 is 0 Å². The van der Waals surface area contributed by atoms with Crippen LogP contribution >= 0.6 is 0 Å². The van der Waals surface area contributed by atoms with Crippen molar-refractivity contribution >= 4 is 12.6 Å². The van der Waals surface area contributed by atoms with Crippen molar-refractivity contribution in [1.82, 2.24) is 9.80 Å². The van der Waals surface area contributed by atoms with Crippen LogP contribution in [-0.2, 0) is 9.47 Å². The lowest BCUT2D eigenvalue weighted by Crippen LogP contribution is -2.33. The average Bonchev–Trinajstić information content (AvgIpc) is 2.98. The van der Waals surface area contributed by atoms with Crippen LogP contribution in [0.2, 0.25) is 0 Å². The SMILES string of the molecule is C=N/C=C(/C)CC.CC.CC.CC.CC1=CN=C(OCCN2CCCCC2)CC1.CCOCCCCN(C)C. The van der Waals surface area contributed by atoms with Crippen LogP contribution in [0.15, 0.2) is 33.5 Å². The van der Waals surface area contributed by atoms with Crippen molar-refractivity contribution in [2.24, 2.45) is 9.98 Å². The summed E-state index contributed by atoms with van der Waals surface area (Å²) < 4.78 is 10.9. The van der Waals surface area contributed by atoms with E-state index in [2.05, 4.69) is 54.4 Å². The molecule has 1 saturated heterocycles. The van der Waals surface area contributed by atoms with Crippen molar-refractivity contribution in [1.29, 1.82) is 0 Å². The third-order valence-electron chi connectivity index (χ3n) is 5.50. The molecule has 0 unspecified atom stereocenters. The monoisotopic (exact) mass is 555 g/mol. The molecule has 0 spiro atoms. The number of nitrogens with zero attached hydrogens (tertiary/aromatic N) is 4. The molecule has 0 aromatic heterocycles. The van der Waals surface area contributed by atoms with E-state index >= 15 is 0 Å². The molecule has 0 N–H and O–H groups in total. The molecule has 2 aliphatic rings. The van der Waals surface area contributed by atoms with Crippen LogP contribution < -0.4 is 0 Å². The molecule has 39 heavy (non-hydrogen) atoms. The van der Waals surface area contributed by atoms with Gasteiger partial charge in [-0.15, -0.1) is 0 Å². The summed E-state index contributed by atoms with van der Waals surface area (Å²) in [6, 6.07) is 0. The van der Waals surface area contributed by atoms with Gasteiger partial charge in [-0.1, -0.05) is 66.0 Å². The van der Waals surface area contributed by atoms with Gasteiger partial charge in [0.25, 0.3) is 0 Å². The Hall–Kier alpha value is -1.50. The summed E-state index contributed by atoms with van der Waals surface area (Å²) in [7, 11) is 4.20. The predicted octanol–water partition coefficient (Wildman–Crippen LogP) is 9.03. The van der Waals surface area contributed by atoms with E-state index in [0.29, 0.717) is 0 Å². The molecule has 2 heterocycles. The number of likely N-dealkylation sites (tertiary alicyclic amines) is 1. The van der Waals surface area contributed by atoms with Crippen molar-refractivity contribution in [2.45, 2.75) is 121 Å². The first kappa shape index (κ1) is 44.5. The van der Waals surface area contributed by atoms with E-state index in [0.717, 1.165) is 51.5 Å². The van der Waals surface area contributed by atoms with Crippen LogP contribution in [0.25, 0.3) is 0 Å². The predicted molar refractivity (Wildman–Crippen MR) is 179 cm³/mol. The van der Waals surface area contributed by atoms with Gasteiger partial charge in [-0.25, -0.2) is 4.99 Å². The van der Waals surface area contributed by atoms with E-state index in [1.807, 2.05) is 61.6 Å². The first-order valence-corrected chi connectivity index (χ1v) is 15.8. The van der Waals surface area contributed by atoms with Crippen molar-refractivity contribution in [2.75, 3.05) is 60.1 Å². The molecule has 0 aromatic rings. The van der Waals surface area contributed by atoms with E-state index in [4.69, 9.17) is 9.47 Å². The first-order valence-electron chi connectivity index (χ1n) is 15.8. The van der Waals surface area contributed by atoms with Gasteiger partial charge in [0.15, 0.2) is 5.90 Å². The first-order chi connectivity index (χ1) is 18.9. The Labute approximate surface area is 246 Å². The molecule has 0 saturated carbocycles. The summed E-state index contributed by atoms with van der Waals surface area (Å²) in [5.74, 6) is 0.919. The summed E-state index contributed by atoms with van der Waals surface area (Å²) in [4.78, 5) is 12.6. The molecule has 2 rings (SSSR count). The highest BCUT2D eigenvalue weighted by atomic mass is 16.5. The highest BCUT2D eigenvalue weighted by molar-refractivity contribution is 5.77. The molecule has 6 nitrogen and oxygen atoms in total. The van der Waals surface area contributed by atoms with Gasteiger partial charge in [0.1, 0.15) is 6.61 Å². The maximum atomic E-state index is 5.70. The minimum absolute atomic E-state index is 0.797. The summed E-state index contributed by atoms with van der Waals surface area (Å²) in [5, 5.41) is 0. The largest absolute Gasteiger partial charge is 0.479 e. The topological polar surface area (TPSA) is 49.7 Å². The van der Waals surface area contributed by atoms with Gasteiger partial charge in [0.05, 0.1) is 0 Å². The van der Waals surface area contributed by atoms with Crippen LogP contribution in [0.4, 0.5) is 0 Å². The second-order valence-corrected chi connectivity index (χ2v) is 8.97. The molecule has 2 aliphatic heterocycles. The number of aliphatic imine (C=N–C) groups is 2. The van der Waals surface area contributed by atoms with Crippen molar-refractivity contribution < 1.29 is 9.47 Å². The number of unbranched alkanes of at least 4 members (excludes halogenated alkanes) is 1. The average molecular weight is 555 g/mol. The Morgan fingerprint density at radius 2 is 1.62 bits per heavy atom.